The Balaban J connectivity index is 2.15. The molecule has 102 valence electrons. The van der Waals surface area contributed by atoms with Gasteiger partial charge in [0.25, 0.3) is 0 Å². The Morgan fingerprint density at radius 1 is 1.24 bits per heavy atom. The Hall–Kier alpha value is -0.0800. The van der Waals surface area contributed by atoms with E-state index in [1.807, 2.05) is 0 Å². The van der Waals surface area contributed by atoms with Gasteiger partial charge in [0, 0.05) is 25.2 Å². The second kappa shape index (κ2) is 7.38. The molecule has 0 aromatic rings. The molecule has 0 radical (unpaired) electrons. The van der Waals surface area contributed by atoms with Gasteiger partial charge in [-0.2, -0.15) is 0 Å². The van der Waals surface area contributed by atoms with E-state index in [-0.39, 0.29) is 0 Å². The summed E-state index contributed by atoms with van der Waals surface area (Å²) in [5.74, 6) is 1.82. The van der Waals surface area contributed by atoms with Crippen molar-refractivity contribution in [1.29, 1.82) is 0 Å². The van der Waals surface area contributed by atoms with Crippen LogP contribution in [0.2, 0.25) is 0 Å². The Bertz CT molecular complexity index is 205. The van der Waals surface area contributed by atoms with Crippen LogP contribution in [-0.2, 0) is 0 Å². The lowest BCUT2D eigenvalue weighted by atomic mass is 9.79. The van der Waals surface area contributed by atoms with Crippen LogP contribution in [0.1, 0.15) is 53.4 Å². The Kier molecular flexibility index (Phi) is 6.50. The molecule has 2 nitrogen and oxygen atoms in total. The van der Waals surface area contributed by atoms with Gasteiger partial charge in [-0.25, -0.2) is 0 Å². The van der Waals surface area contributed by atoms with Crippen molar-refractivity contribution in [1.82, 2.24) is 10.2 Å². The van der Waals surface area contributed by atoms with E-state index in [4.69, 9.17) is 0 Å². The lowest BCUT2D eigenvalue weighted by molar-refractivity contribution is 0.209. The Labute approximate surface area is 108 Å². The number of nitrogens with zero attached hydrogens (tertiary/aromatic N) is 1. The second-order valence-corrected chi connectivity index (χ2v) is 6.16. The molecule has 17 heavy (non-hydrogen) atoms. The van der Waals surface area contributed by atoms with Crippen LogP contribution in [-0.4, -0.2) is 37.1 Å². The molecule has 2 heteroatoms. The Morgan fingerprint density at radius 3 is 2.53 bits per heavy atom. The third-order valence-corrected chi connectivity index (χ3v) is 4.84. The fourth-order valence-corrected chi connectivity index (χ4v) is 2.71. The smallest absolute Gasteiger partial charge is 0.0107 e. The van der Waals surface area contributed by atoms with Gasteiger partial charge in [-0.15, -0.1) is 0 Å². The van der Waals surface area contributed by atoms with Gasteiger partial charge in [0.15, 0.2) is 0 Å². The number of rotatable bonds is 6. The highest BCUT2D eigenvalue weighted by Gasteiger charge is 2.23. The first-order chi connectivity index (χ1) is 8.04. The third kappa shape index (κ3) is 4.97. The highest BCUT2D eigenvalue weighted by atomic mass is 15.1. The molecule has 0 aliphatic heterocycles. The first-order valence-electron chi connectivity index (χ1n) is 7.48. The third-order valence-electron chi connectivity index (χ3n) is 4.84. The molecule has 1 fully saturated rings. The van der Waals surface area contributed by atoms with Crippen LogP contribution in [0.5, 0.6) is 0 Å². The van der Waals surface area contributed by atoms with Crippen LogP contribution in [0, 0.1) is 11.8 Å². The average Bonchev–Trinajstić information content (AvgIpc) is 2.32. The quantitative estimate of drug-likeness (QED) is 0.767. The summed E-state index contributed by atoms with van der Waals surface area (Å²) in [4.78, 5) is 2.46. The molecule has 1 N–H and O–H groups in total. The van der Waals surface area contributed by atoms with E-state index in [1.54, 1.807) is 0 Å². The van der Waals surface area contributed by atoms with Crippen LogP contribution < -0.4 is 5.32 Å². The lowest BCUT2D eigenvalue weighted by Crippen LogP contribution is -2.41. The van der Waals surface area contributed by atoms with Gasteiger partial charge in [-0.05, 0) is 51.5 Å². The van der Waals surface area contributed by atoms with Crippen LogP contribution in [0.15, 0.2) is 0 Å². The van der Waals surface area contributed by atoms with Gasteiger partial charge >= 0.3 is 0 Å². The summed E-state index contributed by atoms with van der Waals surface area (Å²) in [6.07, 6.45) is 5.39. The second-order valence-electron chi connectivity index (χ2n) is 6.16. The summed E-state index contributed by atoms with van der Waals surface area (Å²) in [5.41, 5.74) is 0. The van der Waals surface area contributed by atoms with Crippen molar-refractivity contribution in [3.8, 4) is 0 Å². The maximum Gasteiger partial charge on any atom is 0.0107 e. The molecule has 0 heterocycles. The van der Waals surface area contributed by atoms with Crippen LogP contribution in [0.25, 0.3) is 0 Å². The molecule has 0 amide bonds. The number of hydrogen-bond acceptors (Lipinski definition) is 2. The first kappa shape index (κ1) is 15.0. The zero-order valence-electron chi connectivity index (χ0n) is 12.5. The normalized spacial score (nSPS) is 31.8. The van der Waals surface area contributed by atoms with Crippen molar-refractivity contribution in [2.75, 3.05) is 20.1 Å². The van der Waals surface area contributed by atoms with Crippen LogP contribution >= 0.6 is 0 Å². The summed E-state index contributed by atoms with van der Waals surface area (Å²) in [6, 6.07) is 1.48. The minimum absolute atomic E-state index is 0.710. The zero-order valence-corrected chi connectivity index (χ0v) is 12.5. The van der Waals surface area contributed by atoms with E-state index in [0.717, 1.165) is 24.4 Å². The highest BCUT2D eigenvalue weighted by Crippen LogP contribution is 2.29. The van der Waals surface area contributed by atoms with Crippen molar-refractivity contribution in [3.05, 3.63) is 0 Å². The fraction of sp³-hybridized carbons (Fsp3) is 1.00. The average molecular weight is 240 g/mol. The maximum absolute atomic E-state index is 3.74. The molecule has 0 aromatic carbocycles. The predicted molar refractivity (Wildman–Crippen MR) is 76.4 cm³/mol. The SMILES string of the molecule is CCC(C)N(C)CCNC1CCC(C)C(C)C1. The van der Waals surface area contributed by atoms with Gasteiger partial charge in [0.2, 0.25) is 0 Å². The molecule has 1 saturated carbocycles. The summed E-state index contributed by atoms with van der Waals surface area (Å²) < 4.78 is 0. The first-order valence-corrected chi connectivity index (χ1v) is 7.48. The monoisotopic (exact) mass is 240 g/mol. The summed E-state index contributed by atoms with van der Waals surface area (Å²) >= 11 is 0. The van der Waals surface area contributed by atoms with E-state index >= 15 is 0 Å². The highest BCUT2D eigenvalue weighted by molar-refractivity contribution is 4.80. The van der Waals surface area contributed by atoms with Gasteiger partial charge in [-0.3, -0.25) is 0 Å². The van der Waals surface area contributed by atoms with Gasteiger partial charge in [0.05, 0.1) is 0 Å². The van der Waals surface area contributed by atoms with Crippen LogP contribution in [0.3, 0.4) is 0 Å². The Morgan fingerprint density at radius 2 is 1.94 bits per heavy atom. The molecule has 0 aromatic heterocycles. The van der Waals surface area contributed by atoms with Crippen molar-refractivity contribution in [2.24, 2.45) is 11.8 Å². The molecule has 1 aliphatic rings. The molecular formula is C15H32N2. The standard InChI is InChI=1S/C15H32N2/c1-6-14(4)17(5)10-9-16-15-8-7-12(2)13(3)11-15/h12-16H,6-11H2,1-5H3. The van der Waals surface area contributed by atoms with Gasteiger partial charge in [0.1, 0.15) is 0 Å². The maximum atomic E-state index is 3.74. The number of likely N-dealkylation sites (N-methyl/N-ethyl adjacent to an activating group) is 1. The number of nitrogens with one attached hydrogen (secondary N) is 1. The van der Waals surface area contributed by atoms with Gasteiger partial charge in [-0.1, -0.05) is 20.8 Å². The summed E-state index contributed by atoms with van der Waals surface area (Å²) in [7, 11) is 2.24. The van der Waals surface area contributed by atoms with E-state index in [9.17, 15) is 0 Å². The molecular weight excluding hydrogens is 208 g/mol. The minimum Gasteiger partial charge on any atom is -0.313 e. The predicted octanol–water partition coefficient (Wildman–Crippen LogP) is 3.13. The summed E-state index contributed by atoms with van der Waals surface area (Å²) in [6.45, 7) is 11.7. The topological polar surface area (TPSA) is 15.3 Å². The van der Waals surface area contributed by atoms with Gasteiger partial charge < -0.3 is 10.2 Å². The molecule has 0 saturated heterocycles. The minimum atomic E-state index is 0.710. The zero-order chi connectivity index (χ0) is 12.8. The van der Waals surface area contributed by atoms with Crippen molar-refractivity contribution < 1.29 is 0 Å². The van der Waals surface area contributed by atoms with Crippen molar-refractivity contribution in [2.45, 2.75) is 65.5 Å². The fourth-order valence-electron chi connectivity index (χ4n) is 2.71. The molecule has 0 bridgehead atoms. The van der Waals surface area contributed by atoms with Crippen molar-refractivity contribution in [3.63, 3.8) is 0 Å². The van der Waals surface area contributed by atoms with Crippen LogP contribution in [0.4, 0.5) is 0 Å². The van der Waals surface area contributed by atoms with E-state index < -0.39 is 0 Å². The van der Waals surface area contributed by atoms with Crippen molar-refractivity contribution >= 4 is 0 Å². The molecule has 0 spiro atoms. The van der Waals surface area contributed by atoms with E-state index in [2.05, 4.69) is 45.0 Å². The summed E-state index contributed by atoms with van der Waals surface area (Å²) in [5, 5.41) is 3.74. The lowest BCUT2D eigenvalue weighted by Gasteiger charge is -2.33. The molecule has 1 aliphatic carbocycles. The molecule has 4 atom stereocenters. The van der Waals surface area contributed by atoms with E-state index in [1.165, 1.54) is 32.2 Å². The molecule has 1 rings (SSSR count). The largest absolute Gasteiger partial charge is 0.313 e. The van der Waals surface area contributed by atoms with E-state index in [0.29, 0.717) is 6.04 Å². The molecule has 4 unspecified atom stereocenters. The number of hydrogen-bond donors (Lipinski definition) is 1.